The van der Waals surface area contributed by atoms with E-state index in [4.69, 9.17) is 0 Å². The molecule has 1 N–H and O–H groups in total. The van der Waals surface area contributed by atoms with Crippen LogP contribution in [0.2, 0.25) is 0 Å². The number of hydrogen-bond donors (Lipinski definition) is 0. The third-order valence-electron chi connectivity index (χ3n) is 2.07. The molecule has 3 heteroatoms. The van der Waals surface area contributed by atoms with Crippen LogP contribution in [0.3, 0.4) is 0 Å². The fraction of sp³-hybridized carbons (Fsp3) is 0. The summed E-state index contributed by atoms with van der Waals surface area (Å²) in [4.78, 5) is 11.8. The zero-order valence-corrected chi connectivity index (χ0v) is 11.1. The summed E-state index contributed by atoms with van der Waals surface area (Å²) in [7, 11) is 0. The zero-order valence-electron chi connectivity index (χ0n) is 9.13. The maximum Gasteiger partial charge on any atom is 1.00 e. The Balaban J connectivity index is 0.00000112. The third kappa shape index (κ3) is 3.58. The minimum Gasteiger partial charge on any atom is -0.870 e. The van der Waals surface area contributed by atoms with Crippen LogP contribution in [-0.4, -0.2) is 11.3 Å². The van der Waals surface area contributed by atoms with Crippen LogP contribution >= 0.6 is 0 Å². The monoisotopic (exact) mass is 222 g/mol. The van der Waals surface area contributed by atoms with Crippen LogP contribution < -0.4 is 29.6 Å². The second-order valence-electron chi connectivity index (χ2n) is 3.06. The van der Waals surface area contributed by atoms with Gasteiger partial charge in [-0.05, 0) is 0 Å². The molecule has 0 spiro atoms. The topological polar surface area (TPSA) is 47.1 Å². The standard InChI is InChI=1S/C13H10O.Na.H2O/c14-13(11-7-3-1-4-8-11)12-9-5-2-6-10-12;;/h1-10H;;1H2/q;+1;/p-1. The van der Waals surface area contributed by atoms with Gasteiger partial charge in [0.2, 0.25) is 0 Å². The molecule has 0 bridgehead atoms. The SMILES string of the molecule is O=C(c1ccccc1)c1ccccc1.[Na+].[OH-]. The van der Waals surface area contributed by atoms with Crippen molar-refractivity contribution in [3.63, 3.8) is 0 Å². The van der Waals surface area contributed by atoms with Crippen molar-refractivity contribution in [2.45, 2.75) is 0 Å². The van der Waals surface area contributed by atoms with E-state index in [1.54, 1.807) is 0 Å². The first kappa shape index (κ1) is 15.1. The first-order chi connectivity index (χ1) is 6.88. The van der Waals surface area contributed by atoms with E-state index in [1.165, 1.54) is 0 Å². The molecule has 0 heterocycles. The summed E-state index contributed by atoms with van der Waals surface area (Å²) in [6, 6.07) is 18.6. The third-order valence-corrected chi connectivity index (χ3v) is 2.07. The maximum absolute atomic E-state index is 11.8. The van der Waals surface area contributed by atoms with Gasteiger partial charge in [-0.25, -0.2) is 0 Å². The summed E-state index contributed by atoms with van der Waals surface area (Å²) in [6.07, 6.45) is 0. The second kappa shape index (κ2) is 7.36. The van der Waals surface area contributed by atoms with Gasteiger partial charge in [-0.2, -0.15) is 0 Å². The Morgan fingerprint density at radius 2 is 1.00 bits per heavy atom. The van der Waals surface area contributed by atoms with E-state index in [1.807, 2.05) is 60.7 Å². The average Bonchev–Trinajstić information content (AvgIpc) is 2.30. The summed E-state index contributed by atoms with van der Waals surface area (Å²) in [6.45, 7) is 0. The van der Waals surface area contributed by atoms with Crippen molar-refractivity contribution >= 4 is 5.78 Å². The molecule has 2 aromatic rings. The summed E-state index contributed by atoms with van der Waals surface area (Å²) in [5, 5.41) is 0. The minimum atomic E-state index is 0. The summed E-state index contributed by atoms with van der Waals surface area (Å²) < 4.78 is 0. The van der Waals surface area contributed by atoms with Gasteiger partial charge in [0.25, 0.3) is 0 Å². The predicted molar refractivity (Wildman–Crippen MR) is 58.3 cm³/mol. The van der Waals surface area contributed by atoms with Gasteiger partial charge in [0, 0.05) is 11.1 Å². The number of carbonyl (C=O) groups excluding carboxylic acids is 1. The van der Waals surface area contributed by atoms with Gasteiger partial charge < -0.3 is 5.48 Å². The summed E-state index contributed by atoms with van der Waals surface area (Å²) in [5.41, 5.74) is 1.47. The molecule has 0 aliphatic heterocycles. The van der Waals surface area contributed by atoms with Crippen LogP contribution in [0.15, 0.2) is 60.7 Å². The van der Waals surface area contributed by atoms with E-state index in [2.05, 4.69) is 0 Å². The Labute approximate surface area is 117 Å². The molecule has 0 unspecified atom stereocenters. The van der Waals surface area contributed by atoms with E-state index in [9.17, 15) is 4.79 Å². The molecule has 76 valence electrons. The number of benzene rings is 2. The van der Waals surface area contributed by atoms with Crippen LogP contribution in [0.25, 0.3) is 0 Å². The van der Waals surface area contributed by atoms with Gasteiger partial charge in [0.1, 0.15) is 0 Å². The van der Waals surface area contributed by atoms with Gasteiger partial charge in [0.15, 0.2) is 5.78 Å². The van der Waals surface area contributed by atoms with Crippen molar-refractivity contribution in [3.8, 4) is 0 Å². The van der Waals surface area contributed by atoms with Crippen molar-refractivity contribution < 1.29 is 39.8 Å². The number of rotatable bonds is 2. The smallest absolute Gasteiger partial charge is 0.870 e. The van der Waals surface area contributed by atoms with E-state index < -0.39 is 0 Å². The number of hydrogen-bond acceptors (Lipinski definition) is 2. The molecule has 0 radical (unpaired) electrons. The number of ketones is 1. The summed E-state index contributed by atoms with van der Waals surface area (Å²) >= 11 is 0. The Bertz CT molecular complexity index is 385. The van der Waals surface area contributed by atoms with E-state index in [-0.39, 0.29) is 40.8 Å². The quantitative estimate of drug-likeness (QED) is 0.519. The second-order valence-corrected chi connectivity index (χ2v) is 3.06. The number of carbonyl (C=O) groups is 1. The van der Waals surface area contributed by atoms with Gasteiger partial charge in [-0.1, -0.05) is 60.7 Å². The molecule has 0 aliphatic rings. The molecule has 0 atom stereocenters. The van der Waals surface area contributed by atoms with Gasteiger partial charge in [-0.3, -0.25) is 4.79 Å². The largest absolute Gasteiger partial charge is 1.00 e. The molecule has 2 nitrogen and oxygen atoms in total. The first-order valence-corrected chi connectivity index (χ1v) is 4.53. The van der Waals surface area contributed by atoms with Crippen molar-refractivity contribution in [2.24, 2.45) is 0 Å². The molecule has 2 rings (SSSR count). The fourth-order valence-corrected chi connectivity index (χ4v) is 1.35. The first-order valence-electron chi connectivity index (χ1n) is 4.53. The fourth-order valence-electron chi connectivity index (χ4n) is 1.35. The minimum absolute atomic E-state index is 0. The van der Waals surface area contributed by atoms with Crippen LogP contribution in [0.1, 0.15) is 15.9 Å². The Hall–Kier alpha value is -0.930. The normalized spacial score (nSPS) is 8.50. The van der Waals surface area contributed by atoms with Crippen LogP contribution in [0.5, 0.6) is 0 Å². The molecule has 0 saturated carbocycles. The van der Waals surface area contributed by atoms with Crippen molar-refractivity contribution in [1.29, 1.82) is 0 Å². The van der Waals surface area contributed by atoms with E-state index in [0.29, 0.717) is 0 Å². The Morgan fingerprint density at radius 3 is 1.31 bits per heavy atom. The predicted octanol–water partition coefficient (Wildman–Crippen LogP) is -0.255. The molecule has 2 aromatic carbocycles. The molecule has 16 heavy (non-hydrogen) atoms. The van der Waals surface area contributed by atoms with E-state index >= 15 is 0 Å². The molecule has 0 saturated heterocycles. The van der Waals surface area contributed by atoms with Crippen molar-refractivity contribution in [3.05, 3.63) is 71.8 Å². The van der Waals surface area contributed by atoms with E-state index in [0.717, 1.165) is 11.1 Å². The zero-order chi connectivity index (χ0) is 9.80. The van der Waals surface area contributed by atoms with Gasteiger partial charge in [-0.15, -0.1) is 0 Å². The molecule has 0 amide bonds. The Morgan fingerprint density at radius 1 is 0.688 bits per heavy atom. The van der Waals surface area contributed by atoms with Crippen LogP contribution in [-0.2, 0) is 0 Å². The Kier molecular flexibility index (Phi) is 6.93. The summed E-state index contributed by atoms with van der Waals surface area (Å²) in [5.74, 6) is 0.0752. The molecular formula is C13H11NaO2. The van der Waals surface area contributed by atoms with Crippen LogP contribution in [0.4, 0.5) is 0 Å². The molecular weight excluding hydrogens is 211 g/mol. The molecule has 0 fully saturated rings. The van der Waals surface area contributed by atoms with Crippen molar-refractivity contribution in [2.75, 3.05) is 0 Å². The van der Waals surface area contributed by atoms with Crippen LogP contribution in [0, 0.1) is 0 Å². The van der Waals surface area contributed by atoms with Crippen molar-refractivity contribution in [1.82, 2.24) is 0 Å². The average molecular weight is 222 g/mol. The maximum atomic E-state index is 11.8. The molecule has 0 aliphatic carbocycles. The van der Waals surface area contributed by atoms with Gasteiger partial charge >= 0.3 is 29.6 Å². The molecule has 0 aromatic heterocycles. The van der Waals surface area contributed by atoms with Gasteiger partial charge in [0.05, 0.1) is 0 Å².